The summed E-state index contributed by atoms with van der Waals surface area (Å²) in [5.41, 5.74) is 3.36. The lowest BCUT2D eigenvalue weighted by atomic mass is 10.1. The van der Waals surface area contributed by atoms with Crippen LogP contribution in [0.1, 0.15) is 34.9 Å². The van der Waals surface area contributed by atoms with Crippen LogP contribution in [0.4, 0.5) is 0 Å². The normalized spacial score (nSPS) is 19.4. The fourth-order valence-corrected chi connectivity index (χ4v) is 2.96. The van der Waals surface area contributed by atoms with Crippen LogP contribution in [0.2, 0.25) is 0 Å². The number of likely N-dealkylation sites (tertiary alicyclic amines) is 1. The van der Waals surface area contributed by atoms with E-state index in [0.717, 1.165) is 24.9 Å². The van der Waals surface area contributed by atoms with Gasteiger partial charge in [0.25, 0.3) is 5.91 Å². The predicted molar refractivity (Wildman–Crippen MR) is 68.3 cm³/mol. The first kappa shape index (κ1) is 11.4. The number of aromatic nitrogens is 3. The molecular weight excluding hydrogens is 248 g/mol. The first-order valence-electron chi connectivity index (χ1n) is 5.93. The minimum Gasteiger partial charge on any atom is -0.330 e. The van der Waals surface area contributed by atoms with Gasteiger partial charge in [0, 0.05) is 30.7 Å². The molecule has 0 N–H and O–H groups in total. The van der Waals surface area contributed by atoms with E-state index >= 15 is 0 Å². The zero-order valence-corrected chi connectivity index (χ0v) is 10.9. The van der Waals surface area contributed by atoms with Crippen LogP contribution in [0, 0.1) is 0 Å². The van der Waals surface area contributed by atoms with Gasteiger partial charge in [-0.3, -0.25) is 9.48 Å². The summed E-state index contributed by atoms with van der Waals surface area (Å²) >= 11 is 1.45. The van der Waals surface area contributed by atoms with Gasteiger partial charge in [0.2, 0.25) is 0 Å². The molecule has 1 atom stereocenters. The van der Waals surface area contributed by atoms with Gasteiger partial charge < -0.3 is 4.90 Å². The molecule has 0 bridgehead atoms. The van der Waals surface area contributed by atoms with Crippen LogP contribution in [0.5, 0.6) is 0 Å². The first-order chi connectivity index (χ1) is 8.75. The van der Waals surface area contributed by atoms with Gasteiger partial charge >= 0.3 is 0 Å². The summed E-state index contributed by atoms with van der Waals surface area (Å²) in [7, 11) is 1.89. The van der Waals surface area contributed by atoms with Crippen molar-refractivity contribution in [3.8, 4) is 0 Å². The number of aryl methyl sites for hydroxylation is 1. The first-order valence-corrected chi connectivity index (χ1v) is 6.87. The summed E-state index contributed by atoms with van der Waals surface area (Å²) < 4.78 is 1.78. The summed E-state index contributed by atoms with van der Waals surface area (Å²) in [6, 6.07) is 0.146. The molecule has 1 amide bonds. The molecule has 5 nitrogen and oxygen atoms in total. The topological polar surface area (TPSA) is 51.0 Å². The van der Waals surface area contributed by atoms with Gasteiger partial charge in [-0.1, -0.05) is 0 Å². The van der Waals surface area contributed by atoms with E-state index in [0.29, 0.717) is 5.69 Å². The summed E-state index contributed by atoms with van der Waals surface area (Å²) in [5, 5.41) is 5.99. The smallest absolute Gasteiger partial charge is 0.273 e. The molecule has 0 aromatic carbocycles. The summed E-state index contributed by atoms with van der Waals surface area (Å²) in [6.07, 6.45) is 5.87. The van der Waals surface area contributed by atoms with Crippen molar-refractivity contribution in [3.63, 3.8) is 0 Å². The summed E-state index contributed by atoms with van der Waals surface area (Å²) in [5.74, 6) is 0.0302. The molecule has 0 spiro atoms. The third-order valence-corrected chi connectivity index (χ3v) is 3.86. The molecule has 1 aliphatic heterocycles. The van der Waals surface area contributed by atoms with Crippen LogP contribution in [0.25, 0.3) is 0 Å². The van der Waals surface area contributed by atoms with Crippen LogP contribution < -0.4 is 0 Å². The van der Waals surface area contributed by atoms with Gasteiger partial charge in [0.1, 0.15) is 5.69 Å². The Morgan fingerprint density at radius 2 is 2.44 bits per heavy atom. The Labute approximate surface area is 109 Å². The number of nitrogens with zero attached hydrogens (tertiary/aromatic N) is 4. The van der Waals surface area contributed by atoms with Crippen molar-refractivity contribution in [1.82, 2.24) is 19.7 Å². The molecule has 3 rings (SSSR count). The minimum absolute atomic E-state index is 0.0302. The average Bonchev–Trinajstić information content (AvgIpc) is 3.09. The van der Waals surface area contributed by atoms with E-state index in [1.165, 1.54) is 11.3 Å². The second-order valence-corrected chi connectivity index (χ2v) is 5.20. The number of carbonyl (C=O) groups is 1. The largest absolute Gasteiger partial charge is 0.330 e. The molecule has 94 valence electrons. The van der Waals surface area contributed by atoms with Crippen molar-refractivity contribution in [2.24, 2.45) is 7.05 Å². The number of carbonyl (C=O) groups excluding carboxylic acids is 1. The van der Waals surface area contributed by atoms with Crippen LogP contribution in [-0.4, -0.2) is 32.1 Å². The molecule has 0 saturated carbocycles. The lowest BCUT2D eigenvalue weighted by Crippen LogP contribution is -2.30. The maximum absolute atomic E-state index is 12.3. The molecule has 0 unspecified atom stereocenters. The van der Waals surface area contributed by atoms with E-state index in [1.807, 2.05) is 24.3 Å². The van der Waals surface area contributed by atoms with Crippen molar-refractivity contribution in [2.75, 3.05) is 6.54 Å². The van der Waals surface area contributed by atoms with E-state index in [4.69, 9.17) is 0 Å². The van der Waals surface area contributed by atoms with Gasteiger partial charge in [-0.2, -0.15) is 5.10 Å². The molecule has 2 aromatic heterocycles. The lowest BCUT2D eigenvalue weighted by molar-refractivity contribution is 0.0730. The van der Waals surface area contributed by atoms with E-state index < -0.39 is 0 Å². The Morgan fingerprint density at radius 1 is 1.56 bits per heavy atom. The summed E-state index contributed by atoms with van der Waals surface area (Å²) in [4.78, 5) is 18.4. The highest BCUT2D eigenvalue weighted by Crippen LogP contribution is 2.32. The Bertz CT molecular complexity index is 548. The minimum atomic E-state index is 0.0302. The van der Waals surface area contributed by atoms with Crippen LogP contribution in [0.15, 0.2) is 23.3 Å². The van der Waals surface area contributed by atoms with Gasteiger partial charge in [0.05, 0.1) is 17.7 Å². The average molecular weight is 262 g/mol. The Kier molecular flexibility index (Phi) is 2.87. The van der Waals surface area contributed by atoms with Crippen LogP contribution >= 0.6 is 11.3 Å². The number of hydrogen-bond acceptors (Lipinski definition) is 4. The molecule has 1 saturated heterocycles. The van der Waals surface area contributed by atoms with Crippen molar-refractivity contribution >= 4 is 17.2 Å². The van der Waals surface area contributed by atoms with Gasteiger partial charge in [-0.05, 0) is 12.8 Å². The molecular formula is C12H14N4OS. The standard InChI is InChI=1S/C12H14N4OS/c1-15-6-9(5-14-15)11-3-2-4-16(11)12(17)10-7-18-8-13-10/h5-8,11H,2-4H2,1H3/t11-/m1/s1. The molecule has 0 radical (unpaired) electrons. The van der Waals surface area contributed by atoms with Crippen LogP contribution in [0.3, 0.4) is 0 Å². The number of rotatable bonds is 2. The second-order valence-electron chi connectivity index (χ2n) is 4.48. The quantitative estimate of drug-likeness (QED) is 0.830. The SMILES string of the molecule is Cn1cc([C@H]2CCCN2C(=O)c2cscn2)cn1. The summed E-state index contributed by atoms with van der Waals surface area (Å²) in [6.45, 7) is 0.802. The van der Waals surface area contributed by atoms with Crippen molar-refractivity contribution in [3.05, 3.63) is 34.5 Å². The molecule has 0 aliphatic carbocycles. The fraction of sp³-hybridized carbons (Fsp3) is 0.417. The monoisotopic (exact) mass is 262 g/mol. The molecule has 1 fully saturated rings. The highest BCUT2D eigenvalue weighted by atomic mass is 32.1. The maximum Gasteiger partial charge on any atom is 0.273 e. The molecule has 3 heterocycles. The number of hydrogen-bond donors (Lipinski definition) is 0. The second kappa shape index (κ2) is 4.53. The number of amides is 1. The van der Waals surface area contributed by atoms with Gasteiger partial charge in [-0.25, -0.2) is 4.98 Å². The van der Waals surface area contributed by atoms with E-state index in [9.17, 15) is 4.79 Å². The van der Waals surface area contributed by atoms with Crippen molar-refractivity contribution < 1.29 is 4.79 Å². The van der Waals surface area contributed by atoms with Crippen molar-refractivity contribution in [1.29, 1.82) is 0 Å². The highest BCUT2D eigenvalue weighted by Gasteiger charge is 2.31. The van der Waals surface area contributed by atoms with Gasteiger partial charge in [0.15, 0.2) is 0 Å². The van der Waals surface area contributed by atoms with E-state index in [1.54, 1.807) is 15.6 Å². The third kappa shape index (κ3) is 1.92. The molecule has 2 aromatic rings. The van der Waals surface area contributed by atoms with Crippen LogP contribution in [-0.2, 0) is 7.05 Å². The van der Waals surface area contributed by atoms with Crippen molar-refractivity contribution in [2.45, 2.75) is 18.9 Å². The molecule has 6 heteroatoms. The van der Waals surface area contributed by atoms with E-state index in [2.05, 4.69) is 10.1 Å². The Hall–Kier alpha value is -1.69. The van der Waals surface area contributed by atoms with Gasteiger partial charge in [-0.15, -0.1) is 11.3 Å². The third-order valence-electron chi connectivity index (χ3n) is 3.27. The predicted octanol–water partition coefficient (Wildman–Crippen LogP) is 1.85. The van der Waals surface area contributed by atoms with E-state index in [-0.39, 0.29) is 11.9 Å². The zero-order valence-electron chi connectivity index (χ0n) is 10.1. The maximum atomic E-state index is 12.3. The molecule has 18 heavy (non-hydrogen) atoms. The number of thiazole rings is 1. The Morgan fingerprint density at radius 3 is 3.11 bits per heavy atom. The molecule has 1 aliphatic rings. The highest BCUT2D eigenvalue weighted by molar-refractivity contribution is 7.07. The zero-order chi connectivity index (χ0) is 12.5. The lowest BCUT2D eigenvalue weighted by Gasteiger charge is -2.22. The Balaban J connectivity index is 1.85. The fourth-order valence-electron chi connectivity index (χ4n) is 2.43.